The second-order valence-electron chi connectivity index (χ2n) is 5.12. The van der Waals surface area contributed by atoms with Crippen molar-refractivity contribution >= 4 is 33.9 Å². The number of fused-ring (bicyclic) bond motifs is 1. The fourth-order valence-electron chi connectivity index (χ4n) is 2.52. The van der Waals surface area contributed by atoms with E-state index in [1.54, 1.807) is 17.6 Å². The molecule has 1 aliphatic rings. The zero-order valence-corrected chi connectivity index (χ0v) is 14.7. The van der Waals surface area contributed by atoms with Crippen LogP contribution in [0.5, 0.6) is 0 Å². The molecule has 0 spiro atoms. The van der Waals surface area contributed by atoms with Crippen LogP contribution in [0.4, 0.5) is 0 Å². The maximum atomic E-state index is 5.10. The summed E-state index contributed by atoms with van der Waals surface area (Å²) in [6.45, 7) is 3.95. The van der Waals surface area contributed by atoms with Gasteiger partial charge < -0.3 is 15.0 Å². The summed E-state index contributed by atoms with van der Waals surface area (Å²) in [5.74, 6) is 0. The number of thiophene rings is 1. The molecule has 1 aromatic heterocycles. The summed E-state index contributed by atoms with van der Waals surface area (Å²) in [7, 11) is 3.91. The lowest BCUT2D eigenvalue weighted by atomic mass is 9.94. The lowest BCUT2D eigenvalue weighted by Gasteiger charge is -2.25. The van der Waals surface area contributed by atoms with Crippen LogP contribution in [0.1, 0.15) is 29.3 Å². The Morgan fingerprint density at radius 2 is 2.37 bits per heavy atom. The van der Waals surface area contributed by atoms with E-state index in [0.717, 1.165) is 26.2 Å². The number of likely N-dealkylation sites (N-methyl/N-ethyl adjacent to an activating group) is 1. The van der Waals surface area contributed by atoms with E-state index in [1.165, 1.54) is 22.1 Å². The Bertz CT molecular complexity index is 397. The van der Waals surface area contributed by atoms with Crippen LogP contribution < -0.4 is 5.32 Å². The standard InChI is InChI=1S/C14H23IN2OS/c1-17(8-9-18-2)7-6-16-12-4-3-5-13-11(12)10-14(15)19-13/h10,12,16H,3-9H2,1-2H3. The first kappa shape index (κ1) is 15.7. The van der Waals surface area contributed by atoms with Gasteiger partial charge in [-0.2, -0.15) is 0 Å². The topological polar surface area (TPSA) is 24.5 Å². The first-order valence-electron chi connectivity index (χ1n) is 6.89. The summed E-state index contributed by atoms with van der Waals surface area (Å²) in [5.41, 5.74) is 1.56. The Morgan fingerprint density at radius 1 is 1.53 bits per heavy atom. The highest BCUT2D eigenvalue weighted by Crippen LogP contribution is 2.36. The molecular weight excluding hydrogens is 371 g/mol. The van der Waals surface area contributed by atoms with Crippen LogP contribution in [0.3, 0.4) is 0 Å². The third kappa shape index (κ3) is 4.67. The Labute approximate surface area is 133 Å². The second-order valence-corrected chi connectivity index (χ2v) is 8.15. The van der Waals surface area contributed by atoms with Crippen LogP contribution in [0.25, 0.3) is 0 Å². The molecule has 0 aromatic carbocycles. The van der Waals surface area contributed by atoms with Gasteiger partial charge in [0.15, 0.2) is 0 Å². The zero-order valence-electron chi connectivity index (χ0n) is 11.7. The van der Waals surface area contributed by atoms with Gasteiger partial charge in [0.2, 0.25) is 0 Å². The molecule has 1 unspecified atom stereocenters. The fourth-order valence-corrected chi connectivity index (χ4v) is 4.64. The van der Waals surface area contributed by atoms with Crippen molar-refractivity contribution in [3.05, 3.63) is 19.4 Å². The van der Waals surface area contributed by atoms with Gasteiger partial charge in [0.25, 0.3) is 0 Å². The molecule has 1 N–H and O–H groups in total. The number of nitrogens with zero attached hydrogens (tertiary/aromatic N) is 1. The molecular formula is C14H23IN2OS. The van der Waals surface area contributed by atoms with Gasteiger partial charge in [-0.05, 0) is 60.5 Å². The lowest BCUT2D eigenvalue weighted by molar-refractivity contribution is 0.161. The molecule has 5 heteroatoms. The van der Waals surface area contributed by atoms with Crippen molar-refractivity contribution in [1.29, 1.82) is 0 Å². The Balaban J connectivity index is 1.78. The van der Waals surface area contributed by atoms with Crippen LogP contribution >= 0.6 is 33.9 Å². The van der Waals surface area contributed by atoms with Crippen molar-refractivity contribution in [3.8, 4) is 0 Å². The molecule has 1 heterocycles. The van der Waals surface area contributed by atoms with Gasteiger partial charge in [-0.1, -0.05) is 0 Å². The maximum Gasteiger partial charge on any atom is 0.0659 e. The average molecular weight is 394 g/mol. The molecule has 0 amide bonds. The van der Waals surface area contributed by atoms with Crippen LogP contribution in [-0.2, 0) is 11.2 Å². The van der Waals surface area contributed by atoms with Crippen LogP contribution in [-0.4, -0.2) is 45.3 Å². The first-order chi connectivity index (χ1) is 9.20. The molecule has 19 heavy (non-hydrogen) atoms. The summed E-state index contributed by atoms with van der Waals surface area (Å²) >= 11 is 4.41. The van der Waals surface area contributed by atoms with E-state index in [0.29, 0.717) is 6.04 Å². The third-order valence-electron chi connectivity index (χ3n) is 3.65. The van der Waals surface area contributed by atoms with E-state index in [-0.39, 0.29) is 0 Å². The number of methoxy groups -OCH3 is 1. The number of hydrogen-bond donors (Lipinski definition) is 1. The molecule has 1 aromatic rings. The van der Waals surface area contributed by atoms with E-state index in [1.807, 2.05) is 11.3 Å². The number of halogens is 1. The second kappa shape index (κ2) is 7.93. The van der Waals surface area contributed by atoms with Crippen LogP contribution in [0.2, 0.25) is 0 Å². The molecule has 0 saturated carbocycles. The van der Waals surface area contributed by atoms with Gasteiger partial charge >= 0.3 is 0 Å². The van der Waals surface area contributed by atoms with Gasteiger partial charge in [-0.3, -0.25) is 0 Å². The quantitative estimate of drug-likeness (QED) is 0.720. The van der Waals surface area contributed by atoms with Crippen molar-refractivity contribution in [2.45, 2.75) is 25.3 Å². The number of hydrogen-bond acceptors (Lipinski definition) is 4. The molecule has 0 bridgehead atoms. The van der Waals surface area contributed by atoms with Gasteiger partial charge in [0.1, 0.15) is 0 Å². The molecule has 2 rings (SSSR count). The van der Waals surface area contributed by atoms with Crippen molar-refractivity contribution < 1.29 is 4.74 Å². The summed E-state index contributed by atoms with van der Waals surface area (Å²) in [5, 5.41) is 3.72. The monoisotopic (exact) mass is 394 g/mol. The highest BCUT2D eigenvalue weighted by atomic mass is 127. The number of nitrogens with one attached hydrogen (secondary N) is 1. The summed E-state index contributed by atoms with van der Waals surface area (Å²) in [6.07, 6.45) is 3.87. The van der Waals surface area contributed by atoms with E-state index in [4.69, 9.17) is 4.74 Å². The number of rotatable bonds is 7. The normalized spacial score (nSPS) is 18.8. The van der Waals surface area contributed by atoms with E-state index in [2.05, 4.69) is 45.9 Å². The SMILES string of the molecule is COCCN(C)CCNC1CCCc2sc(I)cc21. The Hall–Kier alpha value is 0.310. The highest BCUT2D eigenvalue weighted by molar-refractivity contribution is 14.1. The largest absolute Gasteiger partial charge is 0.383 e. The minimum absolute atomic E-state index is 0.569. The van der Waals surface area contributed by atoms with E-state index < -0.39 is 0 Å². The maximum absolute atomic E-state index is 5.10. The molecule has 1 atom stereocenters. The summed E-state index contributed by atoms with van der Waals surface area (Å²) < 4.78 is 6.52. The van der Waals surface area contributed by atoms with Crippen molar-refractivity contribution in [3.63, 3.8) is 0 Å². The molecule has 1 aliphatic carbocycles. The fraction of sp³-hybridized carbons (Fsp3) is 0.714. The van der Waals surface area contributed by atoms with Crippen molar-refractivity contribution in [2.75, 3.05) is 40.4 Å². The van der Waals surface area contributed by atoms with Crippen molar-refractivity contribution in [1.82, 2.24) is 10.2 Å². The minimum atomic E-state index is 0.569. The van der Waals surface area contributed by atoms with Gasteiger partial charge in [0.05, 0.1) is 9.49 Å². The minimum Gasteiger partial charge on any atom is -0.383 e. The first-order valence-corrected chi connectivity index (χ1v) is 8.79. The summed E-state index contributed by atoms with van der Waals surface area (Å²) in [6, 6.07) is 2.94. The molecule has 108 valence electrons. The van der Waals surface area contributed by atoms with E-state index >= 15 is 0 Å². The summed E-state index contributed by atoms with van der Waals surface area (Å²) in [4.78, 5) is 3.92. The van der Waals surface area contributed by atoms with Crippen LogP contribution in [0.15, 0.2) is 6.07 Å². The third-order valence-corrected chi connectivity index (χ3v) is 5.62. The molecule has 0 radical (unpaired) electrons. The number of aryl methyl sites for hydroxylation is 1. The van der Waals surface area contributed by atoms with E-state index in [9.17, 15) is 0 Å². The average Bonchev–Trinajstić information content (AvgIpc) is 2.77. The van der Waals surface area contributed by atoms with Crippen molar-refractivity contribution in [2.24, 2.45) is 0 Å². The van der Waals surface area contributed by atoms with Gasteiger partial charge in [-0.25, -0.2) is 0 Å². The van der Waals surface area contributed by atoms with Gasteiger partial charge in [0, 0.05) is 37.7 Å². The lowest BCUT2D eigenvalue weighted by Crippen LogP contribution is -2.34. The van der Waals surface area contributed by atoms with Crippen LogP contribution in [0, 0.1) is 2.88 Å². The molecule has 0 aliphatic heterocycles. The number of ether oxygens (including phenoxy) is 1. The van der Waals surface area contributed by atoms with Gasteiger partial charge in [-0.15, -0.1) is 11.3 Å². The predicted octanol–water partition coefficient (Wildman–Crippen LogP) is 2.90. The molecule has 3 nitrogen and oxygen atoms in total. The highest BCUT2D eigenvalue weighted by Gasteiger charge is 2.21. The predicted molar refractivity (Wildman–Crippen MR) is 90.1 cm³/mol. The smallest absolute Gasteiger partial charge is 0.0659 e. The Kier molecular flexibility index (Phi) is 6.55. The molecule has 0 fully saturated rings. The zero-order chi connectivity index (χ0) is 13.7. The molecule has 0 saturated heterocycles. The Morgan fingerprint density at radius 3 is 3.16 bits per heavy atom.